The molecule has 0 saturated carbocycles. The van der Waals surface area contributed by atoms with E-state index in [0.29, 0.717) is 6.54 Å². The molecule has 0 spiro atoms. The van der Waals surface area contributed by atoms with Gasteiger partial charge in [-0.25, -0.2) is 0 Å². The number of nitrogens with zero attached hydrogens (tertiary/aromatic N) is 2. The van der Waals surface area contributed by atoms with Gasteiger partial charge in [-0.3, -0.25) is 4.90 Å². The van der Waals surface area contributed by atoms with Crippen molar-refractivity contribution in [2.75, 3.05) is 31.1 Å². The lowest BCUT2D eigenvalue weighted by molar-refractivity contribution is 0.248. The maximum Gasteiger partial charge on any atom is 0.121 e. The Morgan fingerprint density at radius 1 is 1.00 bits per heavy atom. The fourth-order valence-electron chi connectivity index (χ4n) is 2.73. The second-order valence-electron chi connectivity index (χ2n) is 5.17. The highest BCUT2D eigenvalue weighted by atomic mass is 16.3. The first-order valence-electron chi connectivity index (χ1n) is 7.14. The number of benzene rings is 1. The molecule has 0 aliphatic carbocycles. The molecule has 0 radical (unpaired) electrons. The van der Waals surface area contributed by atoms with E-state index in [9.17, 15) is 0 Å². The molecule has 4 heteroatoms. The first-order valence-corrected chi connectivity index (χ1v) is 7.14. The smallest absolute Gasteiger partial charge is 0.121 e. The standard InChI is InChI=1S/C16H21N3O/c17-12-16-14(6-11-20-16)13-18-7-9-19(10-8-18)15-4-2-1-3-5-15/h1-6,11H,7-10,12-13,17H2. The highest BCUT2D eigenvalue weighted by Crippen LogP contribution is 2.18. The van der Waals surface area contributed by atoms with Gasteiger partial charge >= 0.3 is 0 Å². The number of para-hydroxylation sites is 1. The summed E-state index contributed by atoms with van der Waals surface area (Å²) in [6.07, 6.45) is 1.73. The Labute approximate surface area is 119 Å². The van der Waals surface area contributed by atoms with E-state index in [1.165, 1.54) is 11.3 Å². The van der Waals surface area contributed by atoms with E-state index in [-0.39, 0.29) is 0 Å². The van der Waals surface area contributed by atoms with Crippen LogP contribution in [0.15, 0.2) is 47.1 Å². The molecule has 0 atom stereocenters. The summed E-state index contributed by atoms with van der Waals surface area (Å²) < 4.78 is 5.38. The molecule has 1 fully saturated rings. The van der Waals surface area contributed by atoms with Crippen molar-refractivity contribution < 1.29 is 4.42 Å². The molecule has 1 aliphatic heterocycles. The van der Waals surface area contributed by atoms with Crippen LogP contribution in [0.3, 0.4) is 0 Å². The predicted molar refractivity (Wildman–Crippen MR) is 80.5 cm³/mol. The van der Waals surface area contributed by atoms with Crippen LogP contribution in [0.25, 0.3) is 0 Å². The van der Waals surface area contributed by atoms with E-state index in [0.717, 1.165) is 38.5 Å². The van der Waals surface area contributed by atoms with E-state index in [4.69, 9.17) is 10.2 Å². The van der Waals surface area contributed by atoms with Crippen LogP contribution in [0, 0.1) is 0 Å². The third kappa shape index (κ3) is 2.86. The average Bonchev–Trinajstić information content (AvgIpc) is 2.96. The first-order chi connectivity index (χ1) is 9.86. The van der Waals surface area contributed by atoms with Crippen LogP contribution >= 0.6 is 0 Å². The topological polar surface area (TPSA) is 45.6 Å². The van der Waals surface area contributed by atoms with Crippen LogP contribution in [-0.4, -0.2) is 31.1 Å². The van der Waals surface area contributed by atoms with Crippen LogP contribution in [0.4, 0.5) is 5.69 Å². The Morgan fingerprint density at radius 3 is 2.45 bits per heavy atom. The summed E-state index contributed by atoms with van der Waals surface area (Å²) in [5.41, 5.74) is 8.22. The second kappa shape index (κ2) is 6.11. The maximum absolute atomic E-state index is 5.68. The molecule has 20 heavy (non-hydrogen) atoms. The van der Waals surface area contributed by atoms with Crippen molar-refractivity contribution in [3.8, 4) is 0 Å². The molecule has 2 heterocycles. The van der Waals surface area contributed by atoms with Gasteiger partial charge in [-0.1, -0.05) is 18.2 Å². The van der Waals surface area contributed by atoms with Crippen LogP contribution in [0.2, 0.25) is 0 Å². The number of anilines is 1. The Hall–Kier alpha value is -1.78. The molecule has 106 valence electrons. The van der Waals surface area contributed by atoms with Crippen molar-refractivity contribution >= 4 is 5.69 Å². The van der Waals surface area contributed by atoms with Gasteiger partial charge in [0.2, 0.25) is 0 Å². The van der Waals surface area contributed by atoms with Crippen molar-refractivity contribution in [2.24, 2.45) is 5.73 Å². The summed E-state index contributed by atoms with van der Waals surface area (Å²) in [4.78, 5) is 4.90. The Morgan fingerprint density at radius 2 is 1.75 bits per heavy atom. The molecule has 0 unspecified atom stereocenters. The van der Waals surface area contributed by atoms with Gasteiger partial charge in [-0.05, 0) is 18.2 Å². The van der Waals surface area contributed by atoms with Gasteiger partial charge in [0.1, 0.15) is 5.76 Å². The molecule has 1 aromatic carbocycles. The normalized spacial score (nSPS) is 16.6. The molecule has 4 nitrogen and oxygen atoms in total. The molecule has 0 amide bonds. The largest absolute Gasteiger partial charge is 0.468 e. The van der Waals surface area contributed by atoms with E-state index >= 15 is 0 Å². The van der Waals surface area contributed by atoms with Crippen LogP contribution in [0.5, 0.6) is 0 Å². The monoisotopic (exact) mass is 271 g/mol. The minimum Gasteiger partial charge on any atom is -0.468 e. The van der Waals surface area contributed by atoms with Crippen LogP contribution in [-0.2, 0) is 13.1 Å². The molecule has 0 bridgehead atoms. The molecule has 2 aromatic rings. The Kier molecular flexibility index (Phi) is 4.04. The molecular formula is C16H21N3O. The van der Waals surface area contributed by atoms with Gasteiger partial charge in [-0.15, -0.1) is 0 Å². The lowest BCUT2D eigenvalue weighted by atomic mass is 10.2. The van der Waals surface area contributed by atoms with E-state index in [1.807, 2.05) is 6.07 Å². The summed E-state index contributed by atoms with van der Waals surface area (Å²) in [6.45, 7) is 5.70. The van der Waals surface area contributed by atoms with Crippen molar-refractivity contribution in [1.82, 2.24) is 4.90 Å². The van der Waals surface area contributed by atoms with Crippen molar-refractivity contribution in [3.05, 3.63) is 54.0 Å². The van der Waals surface area contributed by atoms with Gasteiger partial charge in [0, 0.05) is 44.0 Å². The SMILES string of the molecule is NCc1occc1CN1CCN(c2ccccc2)CC1. The van der Waals surface area contributed by atoms with Crippen LogP contribution in [0.1, 0.15) is 11.3 Å². The first kappa shape index (κ1) is 13.2. The van der Waals surface area contributed by atoms with Crippen molar-refractivity contribution in [2.45, 2.75) is 13.1 Å². The lowest BCUT2D eigenvalue weighted by Gasteiger charge is -2.36. The van der Waals surface area contributed by atoms with Crippen molar-refractivity contribution in [1.29, 1.82) is 0 Å². The zero-order valence-corrected chi connectivity index (χ0v) is 11.7. The number of hydrogen-bond acceptors (Lipinski definition) is 4. The molecule has 1 aromatic heterocycles. The second-order valence-corrected chi connectivity index (χ2v) is 5.17. The third-order valence-corrected chi connectivity index (χ3v) is 3.91. The molecular weight excluding hydrogens is 250 g/mol. The number of piperazine rings is 1. The fraction of sp³-hybridized carbons (Fsp3) is 0.375. The summed E-state index contributed by atoms with van der Waals surface area (Å²) >= 11 is 0. The van der Waals surface area contributed by atoms with E-state index in [2.05, 4.69) is 40.1 Å². The molecule has 1 aliphatic rings. The van der Waals surface area contributed by atoms with Gasteiger partial charge in [-0.2, -0.15) is 0 Å². The van der Waals surface area contributed by atoms with Crippen molar-refractivity contribution in [3.63, 3.8) is 0 Å². The number of nitrogens with two attached hydrogens (primary N) is 1. The summed E-state index contributed by atoms with van der Waals surface area (Å²) in [7, 11) is 0. The van der Waals surface area contributed by atoms with Gasteiger partial charge in [0.25, 0.3) is 0 Å². The zero-order chi connectivity index (χ0) is 13.8. The highest BCUT2D eigenvalue weighted by molar-refractivity contribution is 5.46. The van der Waals surface area contributed by atoms with Gasteiger partial charge in [0.15, 0.2) is 0 Å². The van der Waals surface area contributed by atoms with Gasteiger partial charge < -0.3 is 15.1 Å². The van der Waals surface area contributed by atoms with Crippen LogP contribution < -0.4 is 10.6 Å². The predicted octanol–water partition coefficient (Wildman–Crippen LogP) is 2.06. The quantitative estimate of drug-likeness (QED) is 0.924. The summed E-state index contributed by atoms with van der Waals surface area (Å²) in [5, 5.41) is 0. The zero-order valence-electron chi connectivity index (χ0n) is 11.7. The average molecular weight is 271 g/mol. The summed E-state index contributed by atoms with van der Waals surface area (Å²) in [5.74, 6) is 0.912. The van der Waals surface area contributed by atoms with Gasteiger partial charge in [0.05, 0.1) is 12.8 Å². The lowest BCUT2D eigenvalue weighted by Crippen LogP contribution is -2.46. The third-order valence-electron chi connectivity index (χ3n) is 3.91. The highest BCUT2D eigenvalue weighted by Gasteiger charge is 2.18. The Balaban J connectivity index is 1.56. The van der Waals surface area contributed by atoms with E-state index in [1.54, 1.807) is 6.26 Å². The van der Waals surface area contributed by atoms with E-state index < -0.39 is 0 Å². The fourth-order valence-corrected chi connectivity index (χ4v) is 2.73. The Bertz CT molecular complexity index is 530. The summed E-state index contributed by atoms with van der Waals surface area (Å²) in [6, 6.07) is 12.6. The number of rotatable bonds is 4. The number of hydrogen-bond donors (Lipinski definition) is 1. The molecule has 1 saturated heterocycles. The minimum atomic E-state index is 0.478. The maximum atomic E-state index is 5.68. The number of furan rings is 1. The minimum absolute atomic E-state index is 0.478. The molecule has 2 N–H and O–H groups in total. The molecule has 3 rings (SSSR count).